The molecule has 0 spiro atoms. The highest BCUT2D eigenvalue weighted by Gasteiger charge is 2.22. The van der Waals surface area contributed by atoms with E-state index in [1.165, 1.54) is 0 Å². The van der Waals surface area contributed by atoms with Gasteiger partial charge in [-0.25, -0.2) is 8.42 Å². The van der Waals surface area contributed by atoms with Crippen LogP contribution in [0.3, 0.4) is 0 Å². The number of hydrogen-bond donors (Lipinski definition) is 0. The summed E-state index contributed by atoms with van der Waals surface area (Å²) in [5.74, 6) is -0.863. The van der Waals surface area contributed by atoms with Crippen molar-refractivity contribution in [3.8, 4) is 0 Å². The average molecular weight is 302 g/mol. The number of carbonyl (C=O) groups excluding carboxylic acids is 1. The van der Waals surface area contributed by atoms with E-state index in [4.69, 9.17) is 0 Å². The molecular formula is C17H18O3S. The number of ketones is 1. The van der Waals surface area contributed by atoms with E-state index in [1.807, 2.05) is 26.0 Å². The van der Waals surface area contributed by atoms with Gasteiger partial charge < -0.3 is 0 Å². The summed E-state index contributed by atoms with van der Waals surface area (Å²) in [6.45, 7) is 5.49. The Hall–Kier alpha value is -1.94. The van der Waals surface area contributed by atoms with Crippen LogP contribution in [0.2, 0.25) is 0 Å². The van der Waals surface area contributed by atoms with E-state index in [2.05, 4.69) is 0 Å². The Morgan fingerprint density at radius 3 is 2.24 bits per heavy atom. The van der Waals surface area contributed by atoms with Crippen molar-refractivity contribution in [1.29, 1.82) is 0 Å². The maximum Gasteiger partial charge on any atom is 0.186 e. The molecule has 0 saturated carbocycles. The molecule has 0 saturated heterocycles. The highest BCUT2D eigenvalue weighted by molar-refractivity contribution is 7.92. The molecule has 0 atom stereocenters. The highest BCUT2D eigenvalue weighted by Crippen LogP contribution is 2.18. The molecule has 0 N–H and O–H groups in total. The molecule has 0 aliphatic carbocycles. The van der Waals surface area contributed by atoms with Gasteiger partial charge in [-0.1, -0.05) is 42.0 Å². The first-order chi connectivity index (χ1) is 9.81. The molecule has 0 bridgehead atoms. The van der Waals surface area contributed by atoms with E-state index in [0.717, 1.165) is 11.1 Å². The molecule has 4 heteroatoms. The van der Waals surface area contributed by atoms with Crippen molar-refractivity contribution < 1.29 is 13.2 Å². The number of aryl methyl sites for hydroxylation is 3. The lowest BCUT2D eigenvalue weighted by Gasteiger charge is -2.09. The van der Waals surface area contributed by atoms with Gasteiger partial charge in [0.2, 0.25) is 0 Å². The zero-order valence-electron chi connectivity index (χ0n) is 12.4. The zero-order valence-corrected chi connectivity index (χ0v) is 13.2. The SMILES string of the molecule is Cc1ccc(C(=O)CS(=O)(=O)c2ccccc2C)c(C)c1. The molecule has 2 aromatic rings. The third kappa shape index (κ3) is 3.39. The molecule has 3 nitrogen and oxygen atoms in total. The van der Waals surface area contributed by atoms with Gasteiger partial charge in [-0.2, -0.15) is 0 Å². The minimum atomic E-state index is -3.61. The molecule has 0 aliphatic rings. The Bertz CT molecular complexity index is 789. The molecule has 21 heavy (non-hydrogen) atoms. The monoisotopic (exact) mass is 302 g/mol. The molecule has 110 valence electrons. The van der Waals surface area contributed by atoms with E-state index < -0.39 is 15.6 Å². The van der Waals surface area contributed by atoms with Crippen LogP contribution in [0.5, 0.6) is 0 Å². The van der Waals surface area contributed by atoms with Gasteiger partial charge in [0.15, 0.2) is 15.6 Å². The minimum absolute atomic E-state index is 0.225. The normalized spacial score (nSPS) is 11.4. The van der Waals surface area contributed by atoms with Crippen molar-refractivity contribution in [3.63, 3.8) is 0 Å². The van der Waals surface area contributed by atoms with Gasteiger partial charge in [0.1, 0.15) is 5.75 Å². The van der Waals surface area contributed by atoms with Gasteiger partial charge in [0.05, 0.1) is 4.90 Å². The Morgan fingerprint density at radius 1 is 0.952 bits per heavy atom. The van der Waals surface area contributed by atoms with Crippen molar-refractivity contribution in [2.24, 2.45) is 0 Å². The summed E-state index contributed by atoms with van der Waals surface area (Å²) < 4.78 is 24.8. The number of carbonyl (C=O) groups is 1. The van der Waals surface area contributed by atoms with Crippen LogP contribution < -0.4 is 0 Å². The zero-order chi connectivity index (χ0) is 15.6. The third-order valence-electron chi connectivity index (χ3n) is 3.43. The van der Waals surface area contributed by atoms with Gasteiger partial charge in [-0.3, -0.25) is 4.79 Å². The van der Waals surface area contributed by atoms with Crippen LogP contribution in [0.15, 0.2) is 47.4 Å². The summed E-state index contributed by atoms with van der Waals surface area (Å²) in [5, 5.41) is 0. The van der Waals surface area contributed by atoms with Crippen molar-refractivity contribution in [3.05, 3.63) is 64.7 Å². The number of rotatable bonds is 4. The molecule has 0 amide bonds. The maximum absolute atomic E-state index is 12.4. The number of Topliss-reactive ketones (excluding diaryl/α,β-unsaturated/α-hetero) is 1. The van der Waals surface area contributed by atoms with E-state index in [1.54, 1.807) is 37.3 Å². The van der Waals surface area contributed by atoms with Gasteiger partial charge >= 0.3 is 0 Å². The number of benzene rings is 2. The molecule has 2 rings (SSSR count). The summed E-state index contributed by atoms with van der Waals surface area (Å²) in [5.41, 5.74) is 2.98. The van der Waals surface area contributed by atoms with E-state index in [-0.39, 0.29) is 10.7 Å². The second-order valence-corrected chi connectivity index (χ2v) is 7.22. The van der Waals surface area contributed by atoms with Gasteiger partial charge in [-0.15, -0.1) is 0 Å². The molecule has 0 radical (unpaired) electrons. The summed E-state index contributed by atoms with van der Waals surface area (Å²) in [6.07, 6.45) is 0. The minimum Gasteiger partial charge on any atom is -0.293 e. The lowest BCUT2D eigenvalue weighted by atomic mass is 10.0. The quantitative estimate of drug-likeness (QED) is 0.815. The summed E-state index contributed by atoms with van der Waals surface area (Å²) in [6, 6.07) is 12.1. The number of hydrogen-bond acceptors (Lipinski definition) is 3. The largest absolute Gasteiger partial charge is 0.293 e. The molecule has 0 fully saturated rings. The standard InChI is InChI=1S/C17H18O3S/c1-12-8-9-15(14(3)10-12)16(18)11-21(19,20)17-7-5-4-6-13(17)2/h4-10H,11H2,1-3H3. The van der Waals surface area contributed by atoms with Gasteiger partial charge in [0, 0.05) is 5.56 Å². The lowest BCUT2D eigenvalue weighted by molar-refractivity contribution is 0.102. The first-order valence-corrected chi connectivity index (χ1v) is 8.35. The van der Waals surface area contributed by atoms with Crippen molar-refractivity contribution in [2.75, 3.05) is 5.75 Å². The fourth-order valence-corrected chi connectivity index (χ4v) is 3.86. The Kier molecular flexibility index (Phi) is 4.28. The molecular weight excluding hydrogens is 284 g/mol. The fraction of sp³-hybridized carbons (Fsp3) is 0.235. The molecule has 0 aromatic heterocycles. The molecule has 0 heterocycles. The first kappa shape index (κ1) is 15.4. The Labute approximate surface area is 125 Å². The average Bonchev–Trinajstić information content (AvgIpc) is 2.38. The third-order valence-corrected chi connectivity index (χ3v) is 5.20. The van der Waals surface area contributed by atoms with Crippen LogP contribution in [-0.2, 0) is 9.84 Å². The van der Waals surface area contributed by atoms with Crippen LogP contribution in [0, 0.1) is 20.8 Å². The van der Waals surface area contributed by atoms with E-state index in [9.17, 15) is 13.2 Å². The van der Waals surface area contributed by atoms with Gasteiger partial charge in [0.25, 0.3) is 0 Å². The van der Waals surface area contributed by atoms with Crippen LogP contribution in [-0.4, -0.2) is 20.0 Å². The fourth-order valence-electron chi connectivity index (χ4n) is 2.36. The topological polar surface area (TPSA) is 51.2 Å². The highest BCUT2D eigenvalue weighted by atomic mass is 32.2. The van der Waals surface area contributed by atoms with Crippen LogP contribution in [0.25, 0.3) is 0 Å². The van der Waals surface area contributed by atoms with Gasteiger partial charge in [-0.05, 0) is 38.0 Å². The van der Waals surface area contributed by atoms with Crippen LogP contribution in [0.4, 0.5) is 0 Å². The summed E-state index contributed by atoms with van der Waals surface area (Å²) in [4.78, 5) is 12.5. The number of sulfone groups is 1. The van der Waals surface area contributed by atoms with E-state index in [0.29, 0.717) is 11.1 Å². The maximum atomic E-state index is 12.4. The molecule has 0 aliphatic heterocycles. The second-order valence-electron chi connectivity index (χ2n) is 5.27. The Balaban J connectivity index is 2.33. The summed E-state index contributed by atoms with van der Waals surface area (Å²) >= 11 is 0. The van der Waals surface area contributed by atoms with Crippen LogP contribution in [0.1, 0.15) is 27.0 Å². The van der Waals surface area contributed by atoms with Crippen molar-refractivity contribution >= 4 is 15.6 Å². The van der Waals surface area contributed by atoms with Crippen LogP contribution >= 0.6 is 0 Å². The Morgan fingerprint density at radius 2 is 1.62 bits per heavy atom. The smallest absolute Gasteiger partial charge is 0.186 e. The van der Waals surface area contributed by atoms with Crippen molar-refractivity contribution in [2.45, 2.75) is 25.7 Å². The van der Waals surface area contributed by atoms with Crippen molar-refractivity contribution in [1.82, 2.24) is 0 Å². The lowest BCUT2D eigenvalue weighted by Crippen LogP contribution is -2.18. The summed E-state index contributed by atoms with van der Waals surface area (Å²) in [7, 11) is -3.61. The molecule has 0 unspecified atom stereocenters. The van der Waals surface area contributed by atoms with E-state index >= 15 is 0 Å². The predicted molar refractivity (Wildman–Crippen MR) is 83.5 cm³/mol. The second kappa shape index (κ2) is 5.82. The predicted octanol–water partition coefficient (Wildman–Crippen LogP) is 3.27. The molecule has 2 aromatic carbocycles. The first-order valence-electron chi connectivity index (χ1n) is 6.70.